The van der Waals surface area contributed by atoms with E-state index in [0.717, 1.165) is 0 Å². The first kappa shape index (κ1) is 14.4. The molecular formula is C16H18O4. The fraction of sp³-hybridized carbons (Fsp3) is 0.438. The molecule has 0 bridgehead atoms. The Bertz CT molecular complexity index is 512. The van der Waals surface area contributed by atoms with Crippen LogP contribution >= 0.6 is 0 Å². The first-order valence-corrected chi connectivity index (χ1v) is 6.85. The second-order valence-corrected chi connectivity index (χ2v) is 5.20. The number of Topliss-reactive ketones (excluding diaryl/α,β-unsaturated/α-hetero) is 3. The van der Waals surface area contributed by atoms with Crippen molar-refractivity contribution >= 4 is 17.3 Å². The van der Waals surface area contributed by atoms with Crippen LogP contribution in [0.5, 0.6) is 5.75 Å². The lowest BCUT2D eigenvalue weighted by Crippen LogP contribution is -2.38. The normalized spacial score (nSPS) is 22.7. The van der Waals surface area contributed by atoms with Crippen LogP contribution in [0.2, 0.25) is 0 Å². The minimum atomic E-state index is -1.11. The standard InChI is InChI=1S/C16H18O4/c1-3-20-12-6-4-11(5-7-12)16(19)15-13(17)8-10(2)9-14(15)18/h4-7,10,15H,3,8-9H2,1-2H3. The van der Waals surface area contributed by atoms with Crippen LogP contribution in [0.25, 0.3) is 0 Å². The Hall–Kier alpha value is -1.97. The molecule has 20 heavy (non-hydrogen) atoms. The Balaban J connectivity index is 2.18. The van der Waals surface area contributed by atoms with Gasteiger partial charge in [0.15, 0.2) is 17.3 Å². The van der Waals surface area contributed by atoms with Gasteiger partial charge >= 0.3 is 0 Å². The van der Waals surface area contributed by atoms with E-state index < -0.39 is 11.7 Å². The molecule has 4 heteroatoms. The highest BCUT2D eigenvalue weighted by molar-refractivity contribution is 6.25. The van der Waals surface area contributed by atoms with Crippen LogP contribution in [0.15, 0.2) is 24.3 Å². The summed E-state index contributed by atoms with van der Waals surface area (Å²) in [5.74, 6) is -1.31. The van der Waals surface area contributed by atoms with Crippen molar-refractivity contribution in [3.63, 3.8) is 0 Å². The number of ether oxygens (including phenoxy) is 1. The smallest absolute Gasteiger partial charge is 0.180 e. The van der Waals surface area contributed by atoms with Crippen molar-refractivity contribution < 1.29 is 19.1 Å². The average Bonchev–Trinajstić information content (AvgIpc) is 2.38. The second kappa shape index (κ2) is 5.99. The fourth-order valence-corrected chi connectivity index (χ4v) is 2.52. The van der Waals surface area contributed by atoms with Gasteiger partial charge in [-0.15, -0.1) is 0 Å². The maximum atomic E-state index is 12.3. The van der Waals surface area contributed by atoms with Crippen molar-refractivity contribution in [2.24, 2.45) is 11.8 Å². The third-order valence-corrected chi connectivity index (χ3v) is 3.46. The summed E-state index contributed by atoms with van der Waals surface area (Å²) >= 11 is 0. The summed E-state index contributed by atoms with van der Waals surface area (Å²) in [6.45, 7) is 4.28. The highest BCUT2D eigenvalue weighted by Gasteiger charge is 2.38. The van der Waals surface area contributed by atoms with E-state index in [1.165, 1.54) is 0 Å². The molecule has 0 N–H and O–H groups in total. The van der Waals surface area contributed by atoms with Gasteiger partial charge in [0, 0.05) is 18.4 Å². The topological polar surface area (TPSA) is 60.4 Å². The number of rotatable bonds is 4. The Labute approximate surface area is 118 Å². The van der Waals surface area contributed by atoms with Crippen LogP contribution in [0, 0.1) is 11.8 Å². The van der Waals surface area contributed by atoms with Crippen LogP contribution in [-0.4, -0.2) is 24.0 Å². The van der Waals surface area contributed by atoms with Crippen molar-refractivity contribution in [3.05, 3.63) is 29.8 Å². The summed E-state index contributed by atoms with van der Waals surface area (Å²) in [6, 6.07) is 6.56. The maximum Gasteiger partial charge on any atom is 0.180 e. The van der Waals surface area contributed by atoms with Crippen LogP contribution < -0.4 is 4.74 Å². The number of carbonyl (C=O) groups is 3. The molecule has 4 nitrogen and oxygen atoms in total. The number of carbonyl (C=O) groups excluding carboxylic acids is 3. The van der Waals surface area contributed by atoms with Gasteiger partial charge in [0.05, 0.1) is 6.61 Å². The van der Waals surface area contributed by atoms with Gasteiger partial charge in [0.1, 0.15) is 11.7 Å². The predicted octanol–water partition coefficient (Wildman–Crippen LogP) is 2.45. The summed E-state index contributed by atoms with van der Waals surface area (Å²) in [5, 5.41) is 0. The van der Waals surface area contributed by atoms with Gasteiger partial charge in [-0.1, -0.05) is 6.92 Å². The van der Waals surface area contributed by atoms with Crippen molar-refractivity contribution in [2.75, 3.05) is 6.61 Å². The molecule has 2 rings (SSSR count). The molecule has 1 aromatic rings. The van der Waals surface area contributed by atoms with Gasteiger partial charge in [0.25, 0.3) is 0 Å². The van der Waals surface area contributed by atoms with Crippen LogP contribution in [0.4, 0.5) is 0 Å². The molecule has 0 aromatic heterocycles. The van der Waals surface area contributed by atoms with E-state index in [1.54, 1.807) is 24.3 Å². The van der Waals surface area contributed by atoms with E-state index in [0.29, 0.717) is 30.8 Å². The molecule has 0 atom stereocenters. The SMILES string of the molecule is CCOc1ccc(C(=O)C2C(=O)CC(C)CC2=O)cc1. The lowest BCUT2D eigenvalue weighted by Gasteiger charge is -2.22. The zero-order valence-corrected chi connectivity index (χ0v) is 11.7. The second-order valence-electron chi connectivity index (χ2n) is 5.20. The minimum Gasteiger partial charge on any atom is -0.494 e. The monoisotopic (exact) mass is 274 g/mol. The summed E-state index contributed by atoms with van der Waals surface area (Å²) in [5.41, 5.74) is 0.384. The van der Waals surface area contributed by atoms with E-state index in [4.69, 9.17) is 4.74 Å². The lowest BCUT2D eigenvalue weighted by molar-refractivity contribution is -0.134. The minimum absolute atomic E-state index is 0.0411. The van der Waals surface area contributed by atoms with Gasteiger partial charge < -0.3 is 4.74 Å². The number of benzene rings is 1. The molecule has 1 fully saturated rings. The molecule has 0 aliphatic heterocycles. The lowest BCUT2D eigenvalue weighted by atomic mass is 9.77. The van der Waals surface area contributed by atoms with Gasteiger partial charge in [-0.05, 0) is 37.1 Å². The summed E-state index contributed by atoms with van der Waals surface area (Å²) in [7, 11) is 0. The van der Waals surface area contributed by atoms with Crippen molar-refractivity contribution in [3.8, 4) is 5.75 Å². The Morgan fingerprint density at radius 2 is 1.70 bits per heavy atom. The Kier molecular flexibility index (Phi) is 4.32. The predicted molar refractivity (Wildman–Crippen MR) is 73.8 cm³/mol. The molecule has 0 spiro atoms. The maximum absolute atomic E-state index is 12.3. The van der Waals surface area contributed by atoms with Gasteiger partial charge in [-0.3, -0.25) is 14.4 Å². The quantitative estimate of drug-likeness (QED) is 0.625. The summed E-state index contributed by atoms with van der Waals surface area (Å²) in [4.78, 5) is 36.2. The first-order valence-electron chi connectivity index (χ1n) is 6.85. The van der Waals surface area contributed by atoms with Gasteiger partial charge in [-0.25, -0.2) is 0 Å². The van der Waals surface area contributed by atoms with E-state index in [-0.39, 0.29) is 17.5 Å². The third kappa shape index (κ3) is 2.95. The molecule has 0 radical (unpaired) electrons. The van der Waals surface area contributed by atoms with E-state index in [1.807, 2.05) is 13.8 Å². The Morgan fingerprint density at radius 1 is 1.15 bits per heavy atom. The van der Waals surface area contributed by atoms with Gasteiger partial charge in [-0.2, -0.15) is 0 Å². The first-order chi connectivity index (χ1) is 9.52. The number of ketones is 3. The molecule has 106 valence electrons. The molecule has 0 heterocycles. The molecule has 1 saturated carbocycles. The molecule has 1 aliphatic rings. The molecule has 0 amide bonds. The Morgan fingerprint density at radius 3 is 2.20 bits per heavy atom. The molecule has 0 saturated heterocycles. The molecule has 1 aromatic carbocycles. The molecular weight excluding hydrogens is 256 g/mol. The third-order valence-electron chi connectivity index (χ3n) is 3.46. The van der Waals surface area contributed by atoms with Crippen molar-refractivity contribution in [1.29, 1.82) is 0 Å². The summed E-state index contributed by atoms with van der Waals surface area (Å²) in [6.07, 6.45) is 0.609. The zero-order chi connectivity index (χ0) is 14.7. The molecule has 1 aliphatic carbocycles. The van der Waals surface area contributed by atoms with Gasteiger partial charge in [0.2, 0.25) is 0 Å². The zero-order valence-electron chi connectivity index (χ0n) is 11.7. The highest BCUT2D eigenvalue weighted by atomic mass is 16.5. The van der Waals surface area contributed by atoms with Crippen molar-refractivity contribution in [1.82, 2.24) is 0 Å². The number of hydrogen-bond donors (Lipinski definition) is 0. The highest BCUT2D eigenvalue weighted by Crippen LogP contribution is 2.26. The van der Waals surface area contributed by atoms with E-state index >= 15 is 0 Å². The van der Waals surface area contributed by atoms with Crippen LogP contribution in [0.1, 0.15) is 37.0 Å². The van der Waals surface area contributed by atoms with Crippen LogP contribution in [-0.2, 0) is 9.59 Å². The van der Waals surface area contributed by atoms with Crippen molar-refractivity contribution in [2.45, 2.75) is 26.7 Å². The largest absolute Gasteiger partial charge is 0.494 e. The average molecular weight is 274 g/mol. The van der Waals surface area contributed by atoms with E-state index in [2.05, 4.69) is 0 Å². The van der Waals surface area contributed by atoms with E-state index in [9.17, 15) is 14.4 Å². The fourth-order valence-electron chi connectivity index (χ4n) is 2.52. The summed E-state index contributed by atoms with van der Waals surface area (Å²) < 4.78 is 5.30. The molecule has 0 unspecified atom stereocenters. The van der Waals surface area contributed by atoms with Crippen LogP contribution in [0.3, 0.4) is 0 Å². The number of hydrogen-bond acceptors (Lipinski definition) is 4.